The second-order valence-electron chi connectivity index (χ2n) is 15.8. The average Bonchev–Trinajstić information content (AvgIpc) is 3.11. The molecule has 294 valence electrons. The molecule has 0 aromatic heterocycles. The van der Waals surface area contributed by atoms with E-state index in [0.29, 0.717) is 41.2 Å². The van der Waals surface area contributed by atoms with Gasteiger partial charge in [0.2, 0.25) is 6.79 Å². The van der Waals surface area contributed by atoms with Crippen molar-refractivity contribution in [2.24, 2.45) is 29.1 Å². The number of hydrogen-bond acceptors (Lipinski definition) is 10. The van der Waals surface area contributed by atoms with Crippen molar-refractivity contribution in [3.8, 4) is 5.75 Å². The van der Waals surface area contributed by atoms with Crippen LogP contribution in [0.1, 0.15) is 103 Å². The summed E-state index contributed by atoms with van der Waals surface area (Å²) in [5, 5.41) is 22.0. The van der Waals surface area contributed by atoms with Gasteiger partial charge in [0.05, 0.1) is 24.0 Å². The molecule has 54 heavy (non-hydrogen) atoms. The molecule has 11 heteroatoms. The van der Waals surface area contributed by atoms with Crippen LogP contribution in [-0.2, 0) is 28.6 Å². The molecule has 0 heterocycles. The SMILES string of the molecule is CCC(C)(C)C(=O)O[C@H]1C[C@@H](C)C=C2C=C[C@H](C)[C@H](CC[C@@H](O)C[C@@H](O)CC(=O)OCOC(=O)C(C)(C)Oc3ccc(C(=O)c4ccc(Cl)cc4)cc3)C21. The van der Waals surface area contributed by atoms with Gasteiger partial charge in [0.1, 0.15) is 11.9 Å². The van der Waals surface area contributed by atoms with Crippen LogP contribution < -0.4 is 4.74 Å². The number of carbonyl (C=O) groups excluding carboxylic acids is 4. The van der Waals surface area contributed by atoms with Crippen LogP contribution in [0.5, 0.6) is 5.75 Å². The van der Waals surface area contributed by atoms with Crippen LogP contribution in [0.2, 0.25) is 5.02 Å². The predicted octanol–water partition coefficient (Wildman–Crippen LogP) is 7.81. The summed E-state index contributed by atoms with van der Waals surface area (Å²) in [6, 6.07) is 12.8. The Morgan fingerprint density at radius 3 is 2.15 bits per heavy atom. The van der Waals surface area contributed by atoms with E-state index in [-0.39, 0.29) is 47.9 Å². The molecule has 7 atom stereocenters. The average molecular weight is 767 g/mol. The van der Waals surface area contributed by atoms with E-state index in [1.807, 2.05) is 20.8 Å². The first-order chi connectivity index (χ1) is 25.4. The highest BCUT2D eigenvalue weighted by Crippen LogP contribution is 2.45. The second-order valence-corrected chi connectivity index (χ2v) is 16.3. The summed E-state index contributed by atoms with van der Waals surface area (Å²) >= 11 is 5.91. The highest BCUT2D eigenvalue weighted by molar-refractivity contribution is 6.30. The Morgan fingerprint density at radius 1 is 0.889 bits per heavy atom. The molecule has 4 rings (SSSR count). The summed E-state index contributed by atoms with van der Waals surface area (Å²) in [6.07, 6.45) is 6.28. The number of carbonyl (C=O) groups is 4. The summed E-state index contributed by atoms with van der Waals surface area (Å²) in [6.45, 7) is 12.3. The molecule has 0 saturated carbocycles. The smallest absolute Gasteiger partial charge is 0.352 e. The van der Waals surface area contributed by atoms with E-state index in [0.717, 1.165) is 12.0 Å². The molecule has 1 unspecified atom stereocenters. The fraction of sp³-hybridized carbons (Fsp3) is 0.535. The number of rotatable bonds is 17. The van der Waals surface area contributed by atoms with Crippen LogP contribution in [0.3, 0.4) is 0 Å². The molecule has 2 N–H and O–H groups in total. The fourth-order valence-electron chi connectivity index (χ4n) is 6.92. The van der Waals surface area contributed by atoms with Crippen LogP contribution in [0.4, 0.5) is 0 Å². The molecule has 2 aliphatic carbocycles. The van der Waals surface area contributed by atoms with Crippen molar-refractivity contribution in [2.75, 3.05) is 6.79 Å². The number of ketones is 1. The van der Waals surface area contributed by atoms with Gasteiger partial charge in [0, 0.05) is 22.1 Å². The molecule has 2 aromatic rings. The van der Waals surface area contributed by atoms with Gasteiger partial charge in [0.15, 0.2) is 11.4 Å². The molecule has 0 bridgehead atoms. The summed E-state index contributed by atoms with van der Waals surface area (Å²) < 4.78 is 22.1. The summed E-state index contributed by atoms with van der Waals surface area (Å²) in [4.78, 5) is 51.0. The third-order valence-corrected chi connectivity index (χ3v) is 10.8. The molecule has 0 aliphatic heterocycles. The van der Waals surface area contributed by atoms with E-state index in [4.69, 9.17) is 30.5 Å². The Kier molecular flexibility index (Phi) is 14.7. The van der Waals surface area contributed by atoms with Gasteiger partial charge in [-0.2, -0.15) is 0 Å². The number of aliphatic hydroxyl groups is 2. The Hall–Kier alpha value is -3.99. The number of esters is 3. The number of benzene rings is 2. The van der Waals surface area contributed by atoms with Crippen LogP contribution in [0.25, 0.3) is 0 Å². The van der Waals surface area contributed by atoms with E-state index < -0.39 is 48.4 Å². The largest absolute Gasteiger partial charge is 0.476 e. The number of ether oxygens (including phenoxy) is 4. The zero-order valence-corrected chi connectivity index (χ0v) is 33.1. The van der Waals surface area contributed by atoms with E-state index in [1.165, 1.54) is 13.8 Å². The standard InChI is InChI=1S/C43H55ClO10/c1-8-42(4,5)40(49)53-36-22-26(2)21-30-10-9-27(3)35(38(30)36)20-17-32(45)23-33(46)24-37(47)51-25-52-41(50)43(6,7)54-34-18-13-29(14-19-34)39(48)28-11-15-31(44)16-12-28/h9-16,18-19,21,26-27,32-33,35-36,38,45-46H,8,17,20,22-25H2,1-7H3/t26-,27-,32+,33+,35-,36-,38?/m0/s1. The van der Waals surface area contributed by atoms with Crippen LogP contribution in [-0.4, -0.2) is 64.6 Å². The minimum atomic E-state index is -1.45. The number of halogens is 1. The van der Waals surface area contributed by atoms with Crippen molar-refractivity contribution in [1.29, 1.82) is 0 Å². The summed E-state index contributed by atoms with van der Waals surface area (Å²) in [5.41, 5.74) is 0.0408. The van der Waals surface area contributed by atoms with Gasteiger partial charge >= 0.3 is 17.9 Å². The number of fused-ring (bicyclic) bond motifs is 1. The molecule has 0 amide bonds. The first kappa shape index (κ1) is 42.7. The van der Waals surface area contributed by atoms with Crippen LogP contribution >= 0.6 is 11.6 Å². The Labute approximate surface area is 323 Å². The maximum absolute atomic E-state index is 13.1. The molecule has 0 radical (unpaired) electrons. The number of allylic oxidation sites excluding steroid dienone is 3. The van der Waals surface area contributed by atoms with Crippen molar-refractivity contribution in [2.45, 2.75) is 111 Å². The first-order valence-corrected chi connectivity index (χ1v) is 19.2. The van der Waals surface area contributed by atoms with Crippen LogP contribution in [0.15, 0.2) is 72.3 Å². The van der Waals surface area contributed by atoms with E-state index in [2.05, 4.69) is 32.1 Å². The molecule has 10 nitrogen and oxygen atoms in total. The summed E-state index contributed by atoms with van der Waals surface area (Å²) in [7, 11) is 0. The van der Waals surface area contributed by atoms with Crippen molar-refractivity contribution in [3.05, 3.63) is 88.5 Å². The molecule has 0 fully saturated rings. The van der Waals surface area contributed by atoms with Crippen molar-refractivity contribution < 1.29 is 48.3 Å². The van der Waals surface area contributed by atoms with Crippen molar-refractivity contribution in [1.82, 2.24) is 0 Å². The fourth-order valence-corrected chi connectivity index (χ4v) is 7.04. The summed E-state index contributed by atoms with van der Waals surface area (Å²) in [5.74, 6) is -1.05. The van der Waals surface area contributed by atoms with Gasteiger partial charge in [-0.25, -0.2) is 4.79 Å². The molecular formula is C43H55ClO10. The van der Waals surface area contributed by atoms with Crippen molar-refractivity contribution >= 4 is 35.3 Å². The molecule has 0 spiro atoms. The minimum Gasteiger partial charge on any atom is -0.476 e. The Balaban J connectivity index is 1.20. The van der Waals surface area contributed by atoms with Crippen molar-refractivity contribution in [3.63, 3.8) is 0 Å². The third kappa shape index (κ3) is 11.5. The van der Waals surface area contributed by atoms with Crippen LogP contribution in [0, 0.1) is 29.1 Å². The Morgan fingerprint density at radius 2 is 1.52 bits per heavy atom. The normalized spacial score (nSPS) is 22.3. The van der Waals surface area contributed by atoms with Gasteiger partial charge in [-0.05, 0) is 132 Å². The molecular weight excluding hydrogens is 712 g/mol. The number of aliphatic hydroxyl groups excluding tert-OH is 2. The van der Waals surface area contributed by atoms with Gasteiger partial charge in [-0.15, -0.1) is 0 Å². The highest BCUT2D eigenvalue weighted by atomic mass is 35.5. The zero-order chi connectivity index (χ0) is 39.8. The van der Waals surface area contributed by atoms with E-state index in [9.17, 15) is 29.4 Å². The Bertz CT molecular complexity index is 1680. The molecule has 2 aliphatic rings. The lowest BCUT2D eigenvalue weighted by molar-refractivity contribution is -0.178. The highest BCUT2D eigenvalue weighted by Gasteiger charge is 2.43. The first-order valence-electron chi connectivity index (χ1n) is 18.8. The monoisotopic (exact) mass is 766 g/mol. The minimum absolute atomic E-state index is 0.0139. The lowest BCUT2D eigenvalue weighted by atomic mass is 9.65. The quantitative estimate of drug-likeness (QED) is 0.0929. The third-order valence-electron chi connectivity index (χ3n) is 10.6. The molecule has 2 aromatic carbocycles. The van der Waals surface area contributed by atoms with Gasteiger partial charge < -0.3 is 29.2 Å². The number of hydrogen-bond donors (Lipinski definition) is 2. The van der Waals surface area contributed by atoms with Gasteiger partial charge in [0.25, 0.3) is 0 Å². The van der Waals surface area contributed by atoms with E-state index in [1.54, 1.807) is 48.5 Å². The van der Waals surface area contributed by atoms with E-state index >= 15 is 0 Å². The lowest BCUT2D eigenvalue weighted by Gasteiger charge is -2.44. The second kappa shape index (κ2) is 18.6. The lowest BCUT2D eigenvalue weighted by Crippen LogP contribution is -2.43. The molecule has 0 saturated heterocycles. The van der Waals surface area contributed by atoms with Gasteiger partial charge in [-0.1, -0.05) is 50.6 Å². The maximum Gasteiger partial charge on any atom is 0.352 e. The predicted molar refractivity (Wildman–Crippen MR) is 205 cm³/mol. The topological polar surface area (TPSA) is 146 Å². The van der Waals surface area contributed by atoms with Gasteiger partial charge in [-0.3, -0.25) is 14.4 Å². The maximum atomic E-state index is 13.1. The zero-order valence-electron chi connectivity index (χ0n) is 32.4.